The second-order valence-electron chi connectivity index (χ2n) is 7.29. The Balaban J connectivity index is 1.70. The average molecular weight is 279 g/mol. The molecule has 3 aliphatic rings. The molecule has 2 aromatic rings. The third-order valence-corrected chi connectivity index (χ3v) is 6.25. The number of H-pyrrole nitrogens is 1. The highest BCUT2D eigenvalue weighted by atomic mass is 15.2. The van der Waals surface area contributed by atoms with Gasteiger partial charge < -0.3 is 9.88 Å². The molecule has 2 aliphatic heterocycles. The molecular weight excluding hydrogens is 256 g/mol. The quantitative estimate of drug-likeness (QED) is 0.692. The summed E-state index contributed by atoms with van der Waals surface area (Å²) in [6.07, 6.45) is 8.65. The van der Waals surface area contributed by atoms with Gasteiger partial charge in [-0.3, -0.25) is 0 Å². The molecule has 1 saturated heterocycles. The molecule has 0 bridgehead atoms. The van der Waals surface area contributed by atoms with E-state index in [0.717, 1.165) is 17.9 Å². The SMILES string of the molecule is C[C@@H]1Cc2c([nH]c3ccccc23)[C@@H]2[C@H]3CC=CC[C@H]3C[NH+]12. The third kappa shape index (κ3) is 1.57. The van der Waals surface area contributed by atoms with Crippen molar-refractivity contribution < 1.29 is 4.90 Å². The lowest BCUT2D eigenvalue weighted by Crippen LogP contribution is -3.15. The molecule has 0 spiro atoms. The number of aromatic nitrogens is 1. The minimum atomic E-state index is 0.700. The van der Waals surface area contributed by atoms with Crippen molar-refractivity contribution in [1.29, 1.82) is 0 Å². The van der Waals surface area contributed by atoms with Crippen LogP contribution in [0.15, 0.2) is 36.4 Å². The molecule has 2 heteroatoms. The van der Waals surface area contributed by atoms with Crippen molar-refractivity contribution >= 4 is 10.9 Å². The Hall–Kier alpha value is -1.54. The molecule has 108 valence electrons. The molecule has 0 saturated carbocycles. The Labute approximate surface area is 125 Å². The highest BCUT2D eigenvalue weighted by Gasteiger charge is 2.51. The van der Waals surface area contributed by atoms with Crippen molar-refractivity contribution in [1.82, 2.24) is 4.98 Å². The molecule has 21 heavy (non-hydrogen) atoms. The van der Waals surface area contributed by atoms with Gasteiger partial charge >= 0.3 is 0 Å². The number of quaternary nitrogens is 1. The van der Waals surface area contributed by atoms with E-state index in [2.05, 4.69) is 48.3 Å². The zero-order valence-electron chi connectivity index (χ0n) is 12.6. The standard InChI is InChI=1S/C19H22N2/c1-12-10-16-15-8-4-5-9-17(15)20-18(16)19-14-7-3-2-6-13(14)11-21(12)19/h2-5,8-9,12-14,19-20H,6-7,10-11H2,1H3/p+1/t12-,13+,14+,19+/m1/s1. The zero-order chi connectivity index (χ0) is 14.0. The van der Waals surface area contributed by atoms with Crippen LogP contribution in [0.2, 0.25) is 0 Å². The fraction of sp³-hybridized carbons (Fsp3) is 0.474. The molecule has 1 aliphatic carbocycles. The molecule has 0 radical (unpaired) electrons. The zero-order valence-corrected chi connectivity index (χ0v) is 12.6. The van der Waals surface area contributed by atoms with Crippen molar-refractivity contribution in [2.24, 2.45) is 11.8 Å². The lowest BCUT2D eigenvalue weighted by Gasteiger charge is -2.34. The molecule has 2 N–H and O–H groups in total. The first-order valence-corrected chi connectivity index (χ1v) is 8.43. The van der Waals surface area contributed by atoms with E-state index in [4.69, 9.17) is 0 Å². The summed E-state index contributed by atoms with van der Waals surface area (Å²) in [4.78, 5) is 5.64. The summed E-state index contributed by atoms with van der Waals surface area (Å²) in [6.45, 7) is 3.83. The van der Waals surface area contributed by atoms with Gasteiger partial charge in [-0.25, -0.2) is 0 Å². The van der Waals surface area contributed by atoms with E-state index in [9.17, 15) is 0 Å². The molecule has 3 heterocycles. The molecule has 1 aromatic heterocycles. The average Bonchev–Trinajstić information content (AvgIpc) is 3.06. The first-order valence-electron chi connectivity index (χ1n) is 8.43. The summed E-state index contributed by atoms with van der Waals surface area (Å²) in [5, 5.41) is 1.47. The second kappa shape index (κ2) is 4.23. The number of rotatable bonds is 0. The molecule has 5 rings (SSSR count). The van der Waals surface area contributed by atoms with E-state index in [0.29, 0.717) is 6.04 Å². The van der Waals surface area contributed by atoms with Crippen molar-refractivity contribution in [2.75, 3.05) is 6.54 Å². The molecule has 1 unspecified atom stereocenters. The van der Waals surface area contributed by atoms with E-state index in [1.165, 1.54) is 36.7 Å². The molecule has 5 atom stereocenters. The topological polar surface area (TPSA) is 20.2 Å². The van der Waals surface area contributed by atoms with Crippen LogP contribution in [0.1, 0.15) is 37.1 Å². The van der Waals surface area contributed by atoms with Crippen LogP contribution < -0.4 is 4.90 Å². The van der Waals surface area contributed by atoms with Gasteiger partial charge in [-0.05, 0) is 31.4 Å². The Morgan fingerprint density at radius 1 is 1.14 bits per heavy atom. The normalized spacial score (nSPS) is 37.3. The van der Waals surface area contributed by atoms with Crippen LogP contribution in [0.5, 0.6) is 0 Å². The maximum absolute atomic E-state index is 3.80. The minimum absolute atomic E-state index is 0.700. The largest absolute Gasteiger partial charge is 0.353 e. The molecule has 1 fully saturated rings. The lowest BCUT2D eigenvalue weighted by molar-refractivity contribution is -0.946. The number of nitrogens with one attached hydrogen (secondary N) is 2. The van der Waals surface area contributed by atoms with E-state index < -0.39 is 0 Å². The van der Waals surface area contributed by atoms with Gasteiger partial charge in [-0.2, -0.15) is 0 Å². The van der Waals surface area contributed by atoms with Crippen LogP contribution in [-0.4, -0.2) is 17.6 Å². The lowest BCUT2D eigenvalue weighted by atomic mass is 9.79. The van der Waals surface area contributed by atoms with Crippen LogP contribution in [0.4, 0.5) is 0 Å². The van der Waals surface area contributed by atoms with Gasteiger partial charge in [0.05, 0.1) is 18.3 Å². The van der Waals surface area contributed by atoms with Crippen LogP contribution in [0, 0.1) is 11.8 Å². The van der Waals surface area contributed by atoms with Gasteiger partial charge in [-0.1, -0.05) is 30.4 Å². The van der Waals surface area contributed by atoms with Gasteiger partial charge in [0.2, 0.25) is 0 Å². The summed E-state index contributed by atoms with van der Waals surface area (Å²) < 4.78 is 0. The fourth-order valence-corrected chi connectivity index (χ4v) is 5.29. The van der Waals surface area contributed by atoms with Crippen LogP contribution in [0.3, 0.4) is 0 Å². The number of benzene rings is 1. The molecule has 2 nitrogen and oxygen atoms in total. The Morgan fingerprint density at radius 2 is 2.00 bits per heavy atom. The summed E-state index contributed by atoms with van der Waals surface area (Å²) in [6, 6.07) is 10.3. The monoisotopic (exact) mass is 279 g/mol. The fourth-order valence-electron chi connectivity index (χ4n) is 5.29. The third-order valence-electron chi connectivity index (χ3n) is 6.25. The van der Waals surface area contributed by atoms with Crippen molar-refractivity contribution in [3.63, 3.8) is 0 Å². The number of hydrogen-bond donors (Lipinski definition) is 2. The van der Waals surface area contributed by atoms with Crippen LogP contribution in [0.25, 0.3) is 10.9 Å². The van der Waals surface area contributed by atoms with E-state index in [1.807, 2.05) is 4.90 Å². The summed E-state index contributed by atoms with van der Waals surface area (Å²) in [7, 11) is 0. The number of para-hydroxylation sites is 1. The Morgan fingerprint density at radius 3 is 2.95 bits per heavy atom. The molecule has 1 aromatic carbocycles. The summed E-state index contributed by atoms with van der Waals surface area (Å²) in [5.41, 5.74) is 4.51. The number of hydrogen-bond acceptors (Lipinski definition) is 0. The van der Waals surface area contributed by atoms with Gasteiger partial charge in [0.25, 0.3) is 0 Å². The van der Waals surface area contributed by atoms with E-state index >= 15 is 0 Å². The van der Waals surface area contributed by atoms with Gasteiger partial charge in [0, 0.05) is 29.2 Å². The van der Waals surface area contributed by atoms with Gasteiger partial charge in [0.15, 0.2) is 0 Å². The maximum atomic E-state index is 3.80. The Bertz CT molecular complexity index is 726. The summed E-state index contributed by atoms with van der Waals surface area (Å²) in [5.74, 6) is 1.74. The molecular formula is C19H23N2+. The summed E-state index contributed by atoms with van der Waals surface area (Å²) >= 11 is 0. The van der Waals surface area contributed by atoms with E-state index in [-0.39, 0.29) is 0 Å². The number of aromatic amines is 1. The predicted molar refractivity (Wildman–Crippen MR) is 85.4 cm³/mol. The smallest absolute Gasteiger partial charge is 0.132 e. The van der Waals surface area contributed by atoms with Crippen molar-refractivity contribution in [3.05, 3.63) is 47.7 Å². The number of allylic oxidation sites excluding steroid dienone is 2. The van der Waals surface area contributed by atoms with Crippen molar-refractivity contribution in [3.8, 4) is 0 Å². The highest BCUT2D eigenvalue weighted by molar-refractivity contribution is 5.85. The minimum Gasteiger partial charge on any atom is -0.353 e. The Kier molecular flexibility index (Phi) is 2.43. The molecule has 0 amide bonds. The first kappa shape index (κ1) is 12.0. The second-order valence-corrected chi connectivity index (χ2v) is 7.29. The van der Waals surface area contributed by atoms with Crippen LogP contribution >= 0.6 is 0 Å². The van der Waals surface area contributed by atoms with Crippen LogP contribution in [-0.2, 0) is 6.42 Å². The highest BCUT2D eigenvalue weighted by Crippen LogP contribution is 2.42. The van der Waals surface area contributed by atoms with Gasteiger partial charge in [-0.15, -0.1) is 0 Å². The predicted octanol–water partition coefficient (Wildman–Crippen LogP) is 2.63. The van der Waals surface area contributed by atoms with E-state index in [1.54, 1.807) is 11.3 Å². The maximum Gasteiger partial charge on any atom is 0.132 e. The number of fused-ring (bicyclic) bond motifs is 7. The van der Waals surface area contributed by atoms with Crippen molar-refractivity contribution in [2.45, 2.75) is 38.3 Å². The first-order chi connectivity index (χ1) is 10.3. The van der Waals surface area contributed by atoms with Gasteiger partial charge in [0.1, 0.15) is 6.04 Å².